The van der Waals surface area contributed by atoms with Gasteiger partial charge in [0.2, 0.25) is 0 Å². The van der Waals surface area contributed by atoms with Crippen molar-refractivity contribution in [2.45, 2.75) is 2.32 Å². The van der Waals surface area contributed by atoms with Crippen molar-refractivity contribution in [3.8, 4) is 0 Å². The average Bonchev–Trinajstić information content (AvgIpc) is 1.86. The molecule has 0 spiro atoms. The van der Waals surface area contributed by atoms with E-state index in [-0.39, 0.29) is 0 Å². The average molecular weight is 204 g/mol. The van der Waals surface area contributed by atoms with E-state index in [0.717, 1.165) is 36.1 Å². The first-order chi connectivity index (χ1) is 2.89. The van der Waals surface area contributed by atoms with E-state index in [1.807, 2.05) is 0 Å². The van der Waals surface area contributed by atoms with Crippen LogP contribution < -0.4 is 0 Å². The van der Waals surface area contributed by atoms with Gasteiger partial charge in [0.05, 0.1) is 0 Å². The predicted octanol–water partition coefficient (Wildman–Crippen LogP) is 1.45. The van der Waals surface area contributed by atoms with Gasteiger partial charge in [0, 0.05) is 0 Å². The molecule has 0 bridgehead atoms. The Hall–Kier alpha value is 0.675. The van der Waals surface area contributed by atoms with Gasteiger partial charge in [-0.25, -0.2) is 0 Å². The molecule has 1 aliphatic rings. The molecule has 6 heavy (non-hydrogen) atoms. The van der Waals surface area contributed by atoms with Crippen molar-refractivity contribution < 1.29 is 33.7 Å². The zero-order chi connectivity index (χ0) is 4.41. The van der Waals surface area contributed by atoms with Crippen LogP contribution in [0.15, 0.2) is 24.3 Å². The van der Waals surface area contributed by atoms with Gasteiger partial charge in [-0.1, -0.05) is 0 Å². The molecule has 0 nitrogen and oxygen atoms in total. The van der Waals surface area contributed by atoms with E-state index < -0.39 is 0 Å². The molecule has 0 atom stereocenters. The molecule has 0 unspecified atom stereocenters. The summed E-state index contributed by atoms with van der Waals surface area (Å²) >= 11 is 1.10. The Balaban J connectivity index is 2.60. The Morgan fingerprint density at radius 3 is 1.83 bits per heavy atom. The second kappa shape index (κ2) is 2.11. The van der Waals surface area contributed by atoms with Crippen LogP contribution in [0.1, 0.15) is 0 Å². The number of hydrogen-bond acceptors (Lipinski definition) is 0. The van der Waals surface area contributed by atoms with Crippen molar-refractivity contribution in [1.82, 2.24) is 0 Å². The molecular weight excluding hydrogens is 199 g/mol. The SMILES string of the molecule is [La][CH]1C=CC=C1. The normalized spacial score (nSPS) is 19.8. The molecule has 0 N–H and O–H groups in total. The van der Waals surface area contributed by atoms with Gasteiger partial charge in [-0.2, -0.15) is 0 Å². The summed E-state index contributed by atoms with van der Waals surface area (Å²) in [5.41, 5.74) is 0. The summed E-state index contributed by atoms with van der Waals surface area (Å²) in [6.07, 6.45) is 8.71. The van der Waals surface area contributed by atoms with Crippen LogP contribution in [0.2, 0.25) is 2.32 Å². The number of allylic oxidation sites excluding steroid dienone is 4. The Morgan fingerprint density at radius 1 is 1.17 bits per heavy atom. The Bertz CT molecular complexity index is 80.1. The third-order valence-electron chi connectivity index (χ3n) is 0.778. The number of hydrogen-bond donors (Lipinski definition) is 0. The molecule has 0 saturated heterocycles. The van der Waals surface area contributed by atoms with Crippen LogP contribution in [0, 0.1) is 33.7 Å². The van der Waals surface area contributed by atoms with Crippen LogP contribution in [0.3, 0.4) is 0 Å². The van der Waals surface area contributed by atoms with Crippen molar-refractivity contribution >= 4 is 0 Å². The van der Waals surface area contributed by atoms with E-state index in [4.69, 9.17) is 0 Å². The maximum atomic E-state index is 2.24. The van der Waals surface area contributed by atoms with Gasteiger partial charge in [-0.05, 0) is 0 Å². The fraction of sp³-hybridized carbons (Fsp3) is 0.200. The van der Waals surface area contributed by atoms with Crippen LogP contribution in [-0.4, -0.2) is 0 Å². The van der Waals surface area contributed by atoms with Gasteiger partial charge < -0.3 is 0 Å². The maximum absolute atomic E-state index is 2.24. The van der Waals surface area contributed by atoms with Crippen molar-refractivity contribution in [3.63, 3.8) is 0 Å². The number of rotatable bonds is 0. The molecule has 0 aromatic carbocycles. The van der Waals surface area contributed by atoms with E-state index in [2.05, 4.69) is 24.3 Å². The van der Waals surface area contributed by atoms with Gasteiger partial charge in [-0.15, -0.1) is 0 Å². The summed E-state index contributed by atoms with van der Waals surface area (Å²) in [6, 6.07) is 0. The van der Waals surface area contributed by atoms with Gasteiger partial charge in [0.15, 0.2) is 0 Å². The van der Waals surface area contributed by atoms with Crippen LogP contribution in [0.5, 0.6) is 0 Å². The van der Waals surface area contributed by atoms with Crippen molar-refractivity contribution in [3.05, 3.63) is 24.3 Å². The summed E-state index contributed by atoms with van der Waals surface area (Å²) in [5, 5.41) is 0. The second-order valence-corrected chi connectivity index (χ2v) is 3.76. The van der Waals surface area contributed by atoms with Crippen molar-refractivity contribution in [2.24, 2.45) is 0 Å². The summed E-state index contributed by atoms with van der Waals surface area (Å²) < 4.78 is 0.852. The molecule has 0 radical (unpaired) electrons. The van der Waals surface area contributed by atoms with Crippen LogP contribution in [-0.2, 0) is 0 Å². The topological polar surface area (TPSA) is 0 Å². The summed E-state index contributed by atoms with van der Waals surface area (Å²) in [6.45, 7) is 0. The first kappa shape index (κ1) is 4.82. The summed E-state index contributed by atoms with van der Waals surface area (Å²) in [5.74, 6) is 0. The first-order valence-electron chi connectivity index (χ1n) is 2.00. The Morgan fingerprint density at radius 2 is 1.67 bits per heavy atom. The van der Waals surface area contributed by atoms with Gasteiger partial charge in [-0.3, -0.25) is 0 Å². The molecule has 0 amide bonds. The molecule has 1 heteroatoms. The molecule has 0 heterocycles. The monoisotopic (exact) mass is 204 g/mol. The third kappa shape index (κ3) is 1.07. The van der Waals surface area contributed by atoms with E-state index in [1.54, 1.807) is 0 Å². The van der Waals surface area contributed by atoms with Crippen LogP contribution >= 0.6 is 0 Å². The Kier molecular flexibility index (Phi) is 1.69. The van der Waals surface area contributed by atoms with Gasteiger partial charge in [0.1, 0.15) is 0 Å². The molecule has 1 rings (SSSR count). The fourth-order valence-electron chi connectivity index (χ4n) is 0.449. The van der Waals surface area contributed by atoms with E-state index in [1.165, 1.54) is 0 Å². The van der Waals surface area contributed by atoms with Crippen LogP contribution in [0.4, 0.5) is 0 Å². The summed E-state index contributed by atoms with van der Waals surface area (Å²) in [7, 11) is 0. The Labute approximate surface area is 59.9 Å². The zero-order valence-electron chi connectivity index (χ0n) is 3.46. The standard InChI is InChI=1S/C5H5.La/c1-2-4-5-3-1;/h1-5H;. The summed E-state index contributed by atoms with van der Waals surface area (Å²) in [4.78, 5) is 0. The van der Waals surface area contributed by atoms with E-state index >= 15 is 0 Å². The quantitative estimate of drug-likeness (QED) is 0.560. The molecule has 0 aromatic heterocycles. The zero-order valence-corrected chi connectivity index (χ0v) is 7.09. The molecule has 0 aliphatic heterocycles. The molecule has 0 saturated carbocycles. The second-order valence-electron chi connectivity index (χ2n) is 1.35. The fourth-order valence-corrected chi connectivity index (χ4v) is 1.25. The van der Waals surface area contributed by atoms with Gasteiger partial charge in [0.25, 0.3) is 0 Å². The molecule has 1 aliphatic carbocycles. The van der Waals surface area contributed by atoms with Gasteiger partial charge >= 0.3 is 60.4 Å². The van der Waals surface area contributed by atoms with E-state index in [9.17, 15) is 0 Å². The minimum atomic E-state index is 0.852. The molecule has 0 aromatic rings. The molecule has 28 valence electrons. The molecule has 0 fully saturated rings. The predicted molar refractivity (Wildman–Crippen MR) is 22.0 cm³/mol. The minimum absolute atomic E-state index is 0.852. The third-order valence-corrected chi connectivity index (χ3v) is 2.17. The van der Waals surface area contributed by atoms with E-state index in [0.29, 0.717) is 0 Å². The molecular formula is C5H5La. The van der Waals surface area contributed by atoms with Crippen molar-refractivity contribution in [2.75, 3.05) is 0 Å². The van der Waals surface area contributed by atoms with Crippen LogP contribution in [0.25, 0.3) is 0 Å². The first-order valence-corrected chi connectivity index (χ1v) is 4.09. The van der Waals surface area contributed by atoms with Crippen molar-refractivity contribution in [1.29, 1.82) is 0 Å².